The van der Waals surface area contributed by atoms with Crippen molar-refractivity contribution in [3.63, 3.8) is 0 Å². The highest BCUT2D eigenvalue weighted by Gasteiger charge is 2.10. The lowest BCUT2D eigenvalue weighted by Crippen LogP contribution is -2.30. The van der Waals surface area contributed by atoms with E-state index >= 15 is 0 Å². The van der Waals surface area contributed by atoms with Crippen molar-refractivity contribution in [2.75, 3.05) is 6.61 Å². The van der Waals surface area contributed by atoms with E-state index in [-0.39, 0.29) is 18.4 Å². The highest BCUT2D eigenvalue weighted by atomic mass is 16.3. The third-order valence-electron chi connectivity index (χ3n) is 2.01. The van der Waals surface area contributed by atoms with Gasteiger partial charge in [-0.25, -0.2) is 0 Å². The van der Waals surface area contributed by atoms with Crippen molar-refractivity contribution < 1.29 is 10.2 Å². The van der Waals surface area contributed by atoms with Crippen LogP contribution in [-0.2, 0) is 0 Å². The van der Waals surface area contributed by atoms with E-state index in [0.29, 0.717) is 6.04 Å². The molecule has 3 nitrogen and oxygen atoms in total. The van der Waals surface area contributed by atoms with Gasteiger partial charge in [-0.2, -0.15) is 0 Å². The molecule has 1 rings (SSSR count). The minimum atomic E-state index is -0.0596. The molecule has 0 aromatic heterocycles. The van der Waals surface area contributed by atoms with Crippen LogP contribution >= 0.6 is 0 Å². The average molecular weight is 195 g/mol. The monoisotopic (exact) mass is 195 g/mol. The van der Waals surface area contributed by atoms with E-state index < -0.39 is 0 Å². The van der Waals surface area contributed by atoms with Crippen LogP contribution in [0.25, 0.3) is 0 Å². The molecule has 0 heterocycles. The summed E-state index contributed by atoms with van der Waals surface area (Å²) < 4.78 is 0. The molecule has 1 aromatic carbocycles. The normalized spacial score (nSPS) is 13.1. The van der Waals surface area contributed by atoms with Crippen molar-refractivity contribution in [3.05, 3.63) is 29.8 Å². The van der Waals surface area contributed by atoms with E-state index in [1.54, 1.807) is 12.1 Å². The first-order valence-electron chi connectivity index (χ1n) is 4.79. The molecule has 0 amide bonds. The fourth-order valence-corrected chi connectivity index (χ4v) is 1.36. The summed E-state index contributed by atoms with van der Waals surface area (Å²) in [6.45, 7) is 4.12. The van der Waals surface area contributed by atoms with Gasteiger partial charge in [0.05, 0.1) is 12.6 Å². The summed E-state index contributed by atoms with van der Waals surface area (Å²) in [4.78, 5) is 0. The third-order valence-corrected chi connectivity index (χ3v) is 2.01. The number of aliphatic hydroxyl groups is 1. The molecule has 0 aliphatic rings. The third kappa shape index (κ3) is 3.01. The van der Waals surface area contributed by atoms with Crippen molar-refractivity contribution in [2.45, 2.75) is 25.9 Å². The van der Waals surface area contributed by atoms with Gasteiger partial charge >= 0.3 is 0 Å². The van der Waals surface area contributed by atoms with Gasteiger partial charge in [0.2, 0.25) is 0 Å². The van der Waals surface area contributed by atoms with E-state index in [1.165, 1.54) is 0 Å². The van der Waals surface area contributed by atoms with E-state index in [0.717, 1.165) is 5.56 Å². The molecular formula is C11H17NO2. The Kier molecular flexibility index (Phi) is 3.92. The van der Waals surface area contributed by atoms with Gasteiger partial charge in [0, 0.05) is 6.04 Å². The van der Waals surface area contributed by atoms with Crippen LogP contribution in [0, 0.1) is 0 Å². The van der Waals surface area contributed by atoms with Gasteiger partial charge in [-0.05, 0) is 17.7 Å². The standard InChI is InChI=1S/C11H17NO2/c1-8(2)12-11(7-13)9-3-5-10(14)6-4-9/h3-6,8,11-14H,7H2,1-2H3. The van der Waals surface area contributed by atoms with Gasteiger partial charge in [-0.1, -0.05) is 26.0 Å². The number of hydrogen-bond donors (Lipinski definition) is 3. The molecule has 0 aliphatic carbocycles. The summed E-state index contributed by atoms with van der Waals surface area (Å²) in [5.41, 5.74) is 0.985. The second-order valence-corrected chi connectivity index (χ2v) is 3.65. The number of hydrogen-bond acceptors (Lipinski definition) is 3. The van der Waals surface area contributed by atoms with Gasteiger partial charge in [0.1, 0.15) is 5.75 Å². The molecule has 0 saturated heterocycles. The molecule has 0 aliphatic heterocycles. The first-order valence-corrected chi connectivity index (χ1v) is 4.79. The zero-order valence-corrected chi connectivity index (χ0v) is 8.57. The second-order valence-electron chi connectivity index (χ2n) is 3.65. The highest BCUT2D eigenvalue weighted by Crippen LogP contribution is 2.16. The maximum atomic E-state index is 9.17. The van der Waals surface area contributed by atoms with E-state index in [9.17, 15) is 5.11 Å². The smallest absolute Gasteiger partial charge is 0.115 e. The molecule has 0 bridgehead atoms. The Labute approximate surface area is 84.4 Å². The van der Waals surface area contributed by atoms with Crippen molar-refractivity contribution in [1.29, 1.82) is 0 Å². The Morgan fingerprint density at radius 2 is 1.79 bits per heavy atom. The maximum absolute atomic E-state index is 9.17. The SMILES string of the molecule is CC(C)NC(CO)c1ccc(O)cc1. The Bertz CT molecular complexity index is 269. The zero-order chi connectivity index (χ0) is 10.6. The van der Waals surface area contributed by atoms with Gasteiger partial charge < -0.3 is 15.5 Å². The van der Waals surface area contributed by atoms with Crippen molar-refractivity contribution >= 4 is 0 Å². The summed E-state index contributed by atoms with van der Waals surface area (Å²) in [7, 11) is 0. The fourth-order valence-electron chi connectivity index (χ4n) is 1.36. The predicted octanol–water partition coefficient (Wildman–Crippen LogP) is 1.42. The van der Waals surface area contributed by atoms with Crippen molar-refractivity contribution in [2.24, 2.45) is 0 Å². The van der Waals surface area contributed by atoms with Crippen LogP contribution < -0.4 is 5.32 Å². The highest BCUT2D eigenvalue weighted by molar-refractivity contribution is 5.28. The number of aromatic hydroxyl groups is 1. The van der Waals surface area contributed by atoms with Gasteiger partial charge in [0.25, 0.3) is 0 Å². The summed E-state index contributed by atoms with van der Waals surface area (Å²) in [6.07, 6.45) is 0. The molecule has 0 saturated carbocycles. The maximum Gasteiger partial charge on any atom is 0.115 e. The zero-order valence-electron chi connectivity index (χ0n) is 8.57. The van der Waals surface area contributed by atoms with E-state index in [2.05, 4.69) is 5.32 Å². The molecule has 0 radical (unpaired) electrons. The van der Waals surface area contributed by atoms with Gasteiger partial charge in [-0.15, -0.1) is 0 Å². The van der Waals surface area contributed by atoms with Crippen molar-refractivity contribution in [3.8, 4) is 5.75 Å². The summed E-state index contributed by atoms with van der Waals surface area (Å²) >= 11 is 0. The van der Waals surface area contributed by atoms with E-state index in [4.69, 9.17) is 5.11 Å². The molecular weight excluding hydrogens is 178 g/mol. The number of nitrogens with one attached hydrogen (secondary N) is 1. The first-order chi connectivity index (χ1) is 6.63. The lowest BCUT2D eigenvalue weighted by atomic mass is 10.1. The molecule has 3 N–H and O–H groups in total. The minimum absolute atomic E-state index is 0.0585. The van der Waals surface area contributed by atoms with Gasteiger partial charge in [0.15, 0.2) is 0 Å². The summed E-state index contributed by atoms with van der Waals surface area (Å²) in [5.74, 6) is 0.245. The second kappa shape index (κ2) is 4.98. The fraction of sp³-hybridized carbons (Fsp3) is 0.455. The van der Waals surface area contributed by atoms with Crippen LogP contribution in [-0.4, -0.2) is 22.9 Å². The average Bonchev–Trinajstić information content (AvgIpc) is 2.15. The molecule has 14 heavy (non-hydrogen) atoms. The molecule has 1 aromatic rings. The molecule has 1 atom stereocenters. The number of benzene rings is 1. The minimum Gasteiger partial charge on any atom is -0.508 e. The molecule has 78 valence electrons. The quantitative estimate of drug-likeness (QED) is 0.681. The molecule has 0 fully saturated rings. The number of phenolic OH excluding ortho intramolecular Hbond substituents is 1. The number of rotatable bonds is 4. The Hall–Kier alpha value is -1.06. The number of aliphatic hydroxyl groups excluding tert-OH is 1. The largest absolute Gasteiger partial charge is 0.508 e. The Morgan fingerprint density at radius 3 is 2.21 bits per heavy atom. The molecule has 3 heteroatoms. The van der Waals surface area contributed by atoms with E-state index in [1.807, 2.05) is 26.0 Å². The Balaban J connectivity index is 2.73. The van der Waals surface area contributed by atoms with Gasteiger partial charge in [-0.3, -0.25) is 0 Å². The predicted molar refractivity (Wildman–Crippen MR) is 56.2 cm³/mol. The molecule has 0 spiro atoms. The summed E-state index contributed by atoms with van der Waals surface area (Å²) in [5, 5.41) is 21.5. The van der Waals surface area contributed by atoms with Crippen LogP contribution in [0.4, 0.5) is 0 Å². The molecule has 1 unspecified atom stereocenters. The van der Waals surface area contributed by atoms with Crippen LogP contribution in [0.2, 0.25) is 0 Å². The first kappa shape index (κ1) is 11.0. The summed E-state index contributed by atoms with van der Waals surface area (Å²) in [6, 6.07) is 7.13. The van der Waals surface area contributed by atoms with Crippen LogP contribution in [0.1, 0.15) is 25.5 Å². The van der Waals surface area contributed by atoms with Crippen LogP contribution in [0.15, 0.2) is 24.3 Å². The Morgan fingerprint density at radius 1 is 1.21 bits per heavy atom. The van der Waals surface area contributed by atoms with Crippen LogP contribution in [0.3, 0.4) is 0 Å². The number of phenols is 1. The lowest BCUT2D eigenvalue weighted by Gasteiger charge is -2.19. The van der Waals surface area contributed by atoms with Crippen LogP contribution in [0.5, 0.6) is 5.75 Å². The lowest BCUT2D eigenvalue weighted by molar-refractivity contribution is 0.237. The topological polar surface area (TPSA) is 52.5 Å². The van der Waals surface area contributed by atoms with Crippen molar-refractivity contribution in [1.82, 2.24) is 5.32 Å².